The Morgan fingerprint density at radius 2 is 0.952 bits per heavy atom. The fraction of sp³-hybridized carbons (Fsp3) is 0.250. The highest BCUT2D eigenvalue weighted by atomic mass is 16.4. The lowest BCUT2D eigenvalue weighted by molar-refractivity contribution is -0.134. The number of carboxylic acid groups (broad SMARTS) is 2. The number of aliphatic carboxylic acids is 1. The molecule has 224 valence electrons. The number of hydrogen-bond donors (Lipinski definition) is 3. The van der Waals surface area contributed by atoms with Gasteiger partial charge in [0.15, 0.2) is 17.7 Å². The lowest BCUT2D eigenvalue weighted by Crippen LogP contribution is -2.24. The van der Waals surface area contributed by atoms with Crippen molar-refractivity contribution < 1.29 is 44.1 Å². The number of aliphatic hydroxyl groups excluding tert-OH is 1. The molecule has 0 radical (unpaired) electrons. The number of benzene rings is 3. The summed E-state index contributed by atoms with van der Waals surface area (Å²) in [4.78, 5) is 65.4. The van der Waals surface area contributed by atoms with Crippen LogP contribution in [-0.2, 0) is 4.79 Å². The zero-order valence-corrected chi connectivity index (χ0v) is 24.7. The molecule has 0 bridgehead atoms. The van der Waals surface area contributed by atoms with Crippen LogP contribution in [0.25, 0.3) is 0 Å². The van der Waals surface area contributed by atoms with Crippen LogP contribution >= 0.6 is 0 Å². The number of fused-ring (bicyclic) bond motifs is 2. The van der Waals surface area contributed by atoms with E-state index in [0.29, 0.717) is 27.8 Å². The minimum Gasteiger partial charge on any atom is -0.481 e. The van der Waals surface area contributed by atoms with Crippen molar-refractivity contribution in [3.63, 3.8) is 0 Å². The van der Waals surface area contributed by atoms with Crippen molar-refractivity contribution in [3.05, 3.63) is 106 Å². The maximum atomic E-state index is 11.3. The Morgan fingerprint density at radius 3 is 1.26 bits per heavy atom. The summed E-state index contributed by atoms with van der Waals surface area (Å²) in [5.74, 6) is -3.10. The van der Waals surface area contributed by atoms with Gasteiger partial charge in [-0.2, -0.15) is 0 Å². The van der Waals surface area contributed by atoms with Crippen molar-refractivity contribution in [2.24, 2.45) is 0 Å². The third kappa shape index (κ3) is 9.90. The van der Waals surface area contributed by atoms with Crippen molar-refractivity contribution in [1.82, 2.24) is 4.90 Å². The van der Waals surface area contributed by atoms with Crippen LogP contribution in [0.5, 0.6) is 0 Å². The topological polar surface area (TPSA) is 166 Å². The summed E-state index contributed by atoms with van der Waals surface area (Å²) in [5, 5.41) is 25.1. The summed E-state index contributed by atoms with van der Waals surface area (Å²) in [6.07, 6.45) is -1.47. The average Bonchev–Trinajstić information content (AvgIpc) is 3.35. The van der Waals surface area contributed by atoms with E-state index in [2.05, 4.69) is 0 Å². The largest absolute Gasteiger partial charge is 0.481 e. The van der Waals surface area contributed by atoms with E-state index in [1.54, 1.807) is 73.7 Å². The molecule has 0 aromatic heterocycles. The highest BCUT2D eigenvalue weighted by Crippen LogP contribution is 2.21. The van der Waals surface area contributed by atoms with Crippen LogP contribution in [0.15, 0.2) is 72.8 Å². The van der Waals surface area contributed by atoms with Crippen molar-refractivity contribution >= 4 is 35.3 Å². The molecule has 0 atom stereocenters. The first-order valence-corrected chi connectivity index (χ1v) is 13.1. The van der Waals surface area contributed by atoms with E-state index in [0.717, 1.165) is 17.4 Å². The number of aromatic carboxylic acids is 1. The summed E-state index contributed by atoms with van der Waals surface area (Å²) in [5.41, 5.74) is 2.84. The standard InChI is InChI=1S/C9H7NO2.C9H6O3.C8H8O2.C2H4O2.2C2H6/c1-10-8(11)6-4-2-3-5-7(6)9(10)12;10-7-5-3-1-2-4-6(5)8(11)9(7)12;1-6-4-2-3-5-7(6)8(9)10;1-2(3)4;2*1-2/h2-5H,1H3;1-4,9,12H;2-5H,1H3,(H,9,10);1H3,(H,3,4);2*1-2H3. The van der Waals surface area contributed by atoms with Crippen LogP contribution in [0.2, 0.25) is 0 Å². The molecule has 5 rings (SSSR count). The van der Waals surface area contributed by atoms with Crippen LogP contribution in [0, 0.1) is 6.92 Å². The van der Waals surface area contributed by atoms with Crippen molar-refractivity contribution in [2.45, 2.75) is 47.6 Å². The Kier molecular flexibility index (Phi) is 16.2. The second kappa shape index (κ2) is 18.4. The molecule has 3 N–H and O–H groups in total. The number of rotatable bonds is 1. The van der Waals surface area contributed by atoms with Gasteiger partial charge in [0.25, 0.3) is 17.8 Å². The second-order valence-corrected chi connectivity index (χ2v) is 8.03. The van der Waals surface area contributed by atoms with Crippen molar-refractivity contribution in [3.8, 4) is 0 Å². The molecule has 1 aliphatic carbocycles. The summed E-state index contributed by atoms with van der Waals surface area (Å²) >= 11 is 0. The van der Waals surface area contributed by atoms with Crippen LogP contribution in [0.1, 0.15) is 92.0 Å². The Hall–Kier alpha value is -4.96. The fourth-order valence-corrected chi connectivity index (χ4v) is 3.45. The van der Waals surface area contributed by atoms with Gasteiger partial charge < -0.3 is 15.3 Å². The Labute approximate surface area is 245 Å². The predicted octanol–water partition coefficient (Wildman–Crippen LogP) is 5.18. The van der Waals surface area contributed by atoms with Crippen molar-refractivity contribution in [2.75, 3.05) is 7.05 Å². The number of aliphatic hydroxyl groups is 1. The Balaban J connectivity index is 0.000000536. The number of aryl methyl sites for hydroxylation is 1. The number of Topliss-reactive ketones (excluding diaryl/α,β-unsaturated/α-hetero) is 2. The van der Waals surface area contributed by atoms with Crippen LogP contribution in [0.3, 0.4) is 0 Å². The maximum Gasteiger partial charge on any atom is 0.335 e. The third-order valence-corrected chi connectivity index (χ3v) is 5.33. The first-order chi connectivity index (χ1) is 19.9. The molecular weight excluding hydrogens is 542 g/mol. The summed E-state index contributed by atoms with van der Waals surface area (Å²) in [6.45, 7) is 10.9. The average molecular weight is 580 g/mol. The number of carbonyl (C=O) groups excluding carboxylic acids is 4. The number of hydrogen-bond acceptors (Lipinski definition) is 7. The normalized spacial score (nSPS) is 12.2. The molecule has 1 aliphatic heterocycles. The molecule has 0 spiro atoms. The van der Waals surface area contributed by atoms with Gasteiger partial charge in [0.1, 0.15) is 0 Å². The van der Waals surface area contributed by atoms with Crippen LogP contribution in [-0.4, -0.2) is 68.7 Å². The minimum atomic E-state index is -1.47. The highest BCUT2D eigenvalue weighted by Gasteiger charge is 2.36. The minimum absolute atomic E-state index is 0.212. The number of nitrogens with zero attached hydrogens (tertiary/aromatic N) is 1. The molecule has 3 aromatic carbocycles. The van der Waals surface area contributed by atoms with Gasteiger partial charge in [-0.05, 0) is 30.7 Å². The summed E-state index contributed by atoms with van der Waals surface area (Å²) in [6, 6.07) is 20.2. The molecule has 10 heteroatoms. The molecule has 0 saturated heterocycles. The van der Waals surface area contributed by atoms with Gasteiger partial charge in [-0.15, -0.1) is 0 Å². The Bertz CT molecular complexity index is 1260. The zero-order chi connectivity index (χ0) is 32.6. The predicted molar refractivity (Wildman–Crippen MR) is 158 cm³/mol. The van der Waals surface area contributed by atoms with E-state index < -0.39 is 29.6 Å². The molecule has 2 amide bonds. The van der Waals surface area contributed by atoms with Gasteiger partial charge in [0.2, 0.25) is 0 Å². The molecule has 3 aromatic rings. The van der Waals surface area contributed by atoms with Gasteiger partial charge >= 0.3 is 5.97 Å². The fourth-order valence-electron chi connectivity index (χ4n) is 3.45. The highest BCUT2D eigenvalue weighted by molar-refractivity contribution is 6.28. The molecule has 0 unspecified atom stereocenters. The smallest absolute Gasteiger partial charge is 0.335 e. The van der Waals surface area contributed by atoms with Crippen LogP contribution < -0.4 is 0 Å². The second-order valence-electron chi connectivity index (χ2n) is 8.03. The lowest BCUT2D eigenvalue weighted by atomic mass is 10.1. The van der Waals surface area contributed by atoms with E-state index in [9.17, 15) is 24.0 Å². The number of imide groups is 1. The Morgan fingerprint density at radius 1 is 0.643 bits per heavy atom. The van der Waals surface area contributed by atoms with Gasteiger partial charge in [-0.25, -0.2) is 4.79 Å². The molecule has 0 saturated carbocycles. The van der Waals surface area contributed by atoms with Gasteiger partial charge in [0.05, 0.1) is 16.7 Å². The lowest BCUT2D eigenvalue weighted by Gasteiger charge is -2.02. The van der Waals surface area contributed by atoms with Gasteiger partial charge in [0, 0.05) is 25.1 Å². The van der Waals surface area contributed by atoms with E-state index in [1.807, 2.05) is 33.8 Å². The van der Waals surface area contributed by atoms with E-state index >= 15 is 0 Å². The van der Waals surface area contributed by atoms with Crippen molar-refractivity contribution in [1.29, 1.82) is 0 Å². The molecular formula is C32H37NO9. The first-order valence-electron chi connectivity index (χ1n) is 13.1. The monoisotopic (exact) mass is 579 g/mol. The quantitative estimate of drug-likeness (QED) is 0.260. The number of carbonyl (C=O) groups is 6. The van der Waals surface area contributed by atoms with E-state index in [1.165, 1.54) is 7.05 Å². The number of amides is 2. The molecule has 42 heavy (non-hydrogen) atoms. The van der Waals surface area contributed by atoms with Crippen LogP contribution in [0.4, 0.5) is 0 Å². The molecule has 10 nitrogen and oxygen atoms in total. The van der Waals surface area contributed by atoms with Gasteiger partial charge in [-0.3, -0.25) is 28.9 Å². The summed E-state index contributed by atoms with van der Waals surface area (Å²) < 4.78 is 0. The zero-order valence-electron chi connectivity index (χ0n) is 24.7. The molecule has 0 fully saturated rings. The summed E-state index contributed by atoms with van der Waals surface area (Å²) in [7, 11) is 1.49. The first kappa shape index (κ1) is 37.0. The number of carboxylic acids is 2. The molecule has 2 aliphatic rings. The number of ketones is 2. The maximum absolute atomic E-state index is 11.3. The van der Waals surface area contributed by atoms with E-state index in [-0.39, 0.29) is 11.8 Å². The van der Waals surface area contributed by atoms with Gasteiger partial charge in [-0.1, -0.05) is 82.3 Å². The SMILES string of the molecule is CC.CC.CC(=O)O.CN1C(=O)c2ccccc2C1=O.Cc1ccccc1C(=O)O.O=C1c2ccccc2C(=O)C1O. The third-order valence-electron chi connectivity index (χ3n) is 5.33. The molecule has 1 heterocycles. The van der Waals surface area contributed by atoms with E-state index in [4.69, 9.17) is 20.1 Å².